The fourth-order valence-electron chi connectivity index (χ4n) is 2.36. The van der Waals surface area contributed by atoms with Crippen molar-refractivity contribution < 1.29 is 9.59 Å². The lowest BCUT2D eigenvalue weighted by Crippen LogP contribution is -2.23. The van der Waals surface area contributed by atoms with Crippen molar-refractivity contribution in [3.05, 3.63) is 46.5 Å². The van der Waals surface area contributed by atoms with Gasteiger partial charge in [-0.05, 0) is 24.3 Å². The Morgan fingerprint density at radius 1 is 0.650 bits per heavy atom. The van der Waals surface area contributed by atoms with E-state index in [1.807, 2.05) is 0 Å². The molecule has 0 aromatic heterocycles. The number of hydrogen-bond acceptors (Lipinski definition) is 6. The average molecular weight is 268 g/mol. The van der Waals surface area contributed by atoms with Gasteiger partial charge in [-0.2, -0.15) is 0 Å². The van der Waals surface area contributed by atoms with E-state index in [2.05, 4.69) is 0 Å². The molecule has 20 heavy (non-hydrogen) atoms. The van der Waals surface area contributed by atoms with Crippen LogP contribution in [-0.4, -0.2) is 11.6 Å². The van der Waals surface area contributed by atoms with Crippen molar-refractivity contribution >= 4 is 34.3 Å². The van der Waals surface area contributed by atoms with Crippen molar-refractivity contribution in [2.45, 2.75) is 0 Å². The van der Waals surface area contributed by atoms with Crippen LogP contribution in [0.25, 0.3) is 0 Å². The molecule has 2 aromatic rings. The number of fused-ring (bicyclic) bond motifs is 2. The van der Waals surface area contributed by atoms with Gasteiger partial charge >= 0.3 is 0 Å². The molecule has 1 aliphatic rings. The molecule has 6 nitrogen and oxygen atoms in total. The van der Waals surface area contributed by atoms with E-state index in [9.17, 15) is 9.59 Å². The maximum atomic E-state index is 12.5. The van der Waals surface area contributed by atoms with Gasteiger partial charge in [-0.3, -0.25) is 9.59 Å². The highest BCUT2D eigenvalue weighted by atomic mass is 16.1. The molecular formula is C14H12N4O2. The maximum absolute atomic E-state index is 12.5. The summed E-state index contributed by atoms with van der Waals surface area (Å²) in [5.74, 6) is -0.681. The number of ketones is 2. The number of anilines is 4. The Kier molecular flexibility index (Phi) is 2.25. The number of carbonyl (C=O) groups is 2. The fraction of sp³-hybridized carbons (Fsp3) is 0. The van der Waals surface area contributed by atoms with Gasteiger partial charge in [-0.1, -0.05) is 0 Å². The van der Waals surface area contributed by atoms with Crippen molar-refractivity contribution in [2.24, 2.45) is 0 Å². The highest BCUT2D eigenvalue weighted by Crippen LogP contribution is 2.35. The molecule has 8 N–H and O–H groups in total. The Morgan fingerprint density at radius 3 is 1.80 bits per heavy atom. The Morgan fingerprint density at radius 2 is 1.20 bits per heavy atom. The summed E-state index contributed by atoms with van der Waals surface area (Å²) in [5.41, 5.74) is 24.6. The molecule has 0 saturated carbocycles. The highest BCUT2D eigenvalue weighted by molar-refractivity contribution is 6.31. The first-order valence-electron chi connectivity index (χ1n) is 5.88. The molecule has 0 amide bonds. The van der Waals surface area contributed by atoms with Gasteiger partial charge in [0.1, 0.15) is 0 Å². The van der Waals surface area contributed by atoms with E-state index in [0.717, 1.165) is 0 Å². The van der Waals surface area contributed by atoms with E-state index < -0.39 is 0 Å². The van der Waals surface area contributed by atoms with Crippen LogP contribution in [0.2, 0.25) is 0 Å². The highest BCUT2D eigenvalue weighted by Gasteiger charge is 2.32. The summed E-state index contributed by atoms with van der Waals surface area (Å²) in [6.45, 7) is 0. The lowest BCUT2D eigenvalue weighted by molar-refractivity contribution is 0.0980. The quantitative estimate of drug-likeness (QED) is 0.444. The smallest absolute Gasteiger partial charge is 0.196 e. The van der Waals surface area contributed by atoms with Gasteiger partial charge in [-0.15, -0.1) is 0 Å². The Bertz CT molecular complexity index is 792. The topological polar surface area (TPSA) is 138 Å². The second-order valence-electron chi connectivity index (χ2n) is 4.68. The minimum Gasteiger partial charge on any atom is -0.397 e. The molecule has 0 spiro atoms. The largest absolute Gasteiger partial charge is 0.397 e. The zero-order chi connectivity index (χ0) is 14.6. The van der Waals surface area contributed by atoms with E-state index in [-0.39, 0.29) is 56.6 Å². The lowest BCUT2D eigenvalue weighted by Gasteiger charge is -2.20. The molecule has 0 atom stereocenters. The van der Waals surface area contributed by atoms with Crippen molar-refractivity contribution in [2.75, 3.05) is 22.9 Å². The van der Waals surface area contributed by atoms with Crippen LogP contribution in [-0.2, 0) is 0 Å². The number of nitrogens with two attached hydrogens (primary N) is 4. The average Bonchev–Trinajstić information content (AvgIpc) is 2.41. The van der Waals surface area contributed by atoms with E-state index in [0.29, 0.717) is 0 Å². The molecule has 6 heteroatoms. The summed E-state index contributed by atoms with van der Waals surface area (Å²) in [7, 11) is 0. The molecule has 2 aromatic carbocycles. The number of rotatable bonds is 0. The van der Waals surface area contributed by atoms with Gasteiger partial charge < -0.3 is 22.9 Å². The predicted molar refractivity (Wildman–Crippen MR) is 77.4 cm³/mol. The SMILES string of the molecule is Nc1cc2c(cc1N)C(=O)c1c(ccc(N)c1N)C2=O. The second kappa shape index (κ2) is 3.74. The molecule has 0 bridgehead atoms. The van der Waals surface area contributed by atoms with E-state index in [1.165, 1.54) is 24.3 Å². The predicted octanol–water partition coefficient (Wildman–Crippen LogP) is 0.791. The number of benzene rings is 2. The van der Waals surface area contributed by atoms with Crippen molar-refractivity contribution in [3.63, 3.8) is 0 Å². The number of carbonyl (C=O) groups excluding carboxylic acids is 2. The number of nitrogen functional groups attached to an aromatic ring is 4. The first kappa shape index (κ1) is 12.0. The third-order valence-corrected chi connectivity index (χ3v) is 3.46. The minimum absolute atomic E-state index is 0.113. The van der Waals surface area contributed by atoms with Gasteiger partial charge in [0.15, 0.2) is 11.6 Å². The van der Waals surface area contributed by atoms with Gasteiger partial charge in [0.05, 0.1) is 28.3 Å². The Labute approximate surface area is 114 Å². The fourth-order valence-corrected chi connectivity index (χ4v) is 2.36. The van der Waals surface area contributed by atoms with Crippen LogP contribution in [0.3, 0.4) is 0 Å². The Hall–Kier alpha value is -3.02. The summed E-state index contributed by atoms with van der Waals surface area (Å²) in [6, 6.07) is 5.82. The summed E-state index contributed by atoms with van der Waals surface area (Å²) in [5, 5.41) is 0. The third kappa shape index (κ3) is 1.38. The third-order valence-electron chi connectivity index (χ3n) is 3.46. The first-order chi connectivity index (χ1) is 9.41. The summed E-state index contributed by atoms with van der Waals surface area (Å²) in [6.07, 6.45) is 0. The molecule has 0 aliphatic heterocycles. The van der Waals surface area contributed by atoms with E-state index in [4.69, 9.17) is 22.9 Å². The summed E-state index contributed by atoms with van der Waals surface area (Å²) >= 11 is 0. The molecule has 3 rings (SSSR count). The van der Waals surface area contributed by atoms with Gasteiger partial charge in [-0.25, -0.2) is 0 Å². The van der Waals surface area contributed by atoms with Crippen LogP contribution < -0.4 is 22.9 Å². The van der Waals surface area contributed by atoms with Crippen molar-refractivity contribution in [3.8, 4) is 0 Å². The molecule has 100 valence electrons. The second-order valence-corrected chi connectivity index (χ2v) is 4.68. The van der Waals surface area contributed by atoms with Gasteiger partial charge in [0.2, 0.25) is 0 Å². The van der Waals surface area contributed by atoms with E-state index in [1.54, 1.807) is 0 Å². The summed E-state index contributed by atoms with van der Waals surface area (Å²) in [4.78, 5) is 24.9. The molecule has 0 radical (unpaired) electrons. The Balaban J connectivity index is 2.37. The van der Waals surface area contributed by atoms with Crippen molar-refractivity contribution in [1.82, 2.24) is 0 Å². The molecule has 0 saturated heterocycles. The molecule has 0 heterocycles. The molecule has 0 unspecified atom stereocenters. The van der Waals surface area contributed by atoms with Crippen LogP contribution in [0.4, 0.5) is 22.7 Å². The van der Waals surface area contributed by atoms with E-state index >= 15 is 0 Å². The van der Waals surface area contributed by atoms with Gasteiger partial charge in [0.25, 0.3) is 0 Å². The minimum atomic E-state index is -0.369. The zero-order valence-corrected chi connectivity index (χ0v) is 10.4. The van der Waals surface area contributed by atoms with Crippen LogP contribution in [0.5, 0.6) is 0 Å². The van der Waals surface area contributed by atoms with Crippen LogP contribution in [0, 0.1) is 0 Å². The number of hydrogen-bond donors (Lipinski definition) is 4. The first-order valence-corrected chi connectivity index (χ1v) is 5.88. The van der Waals surface area contributed by atoms with Crippen LogP contribution in [0.1, 0.15) is 31.8 Å². The normalized spacial score (nSPS) is 13.0. The monoisotopic (exact) mass is 268 g/mol. The zero-order valence-electron chi connectivity index (χ0n) is 10.4. The van der Waals surface area contributed by atoms with Crippen molar-refractivity contribution in [1.29, 1.82) is 0 Å². The lowest BCUT2D eigenvalue weighted by atomic mass is 9.82. The molecular weight excluding hydrogens is 256 g/mol. The standard InChI is InChI=1S/C14H12N4O2/c15-8-2-1-5-11(12(8)18)14(20)7-4-10(17)9(16)3-6(7)13(5)19/h1-4H,15-18H2. The van der Waals surface area contributed by atoms with Crippen LogP contribution >= 0.6 is 0 Å². The van der Waals surface area contributed by atoms with Gasteiger partial charge in [0, 0.05) is 16.7 Å². The van der Waals surface area contributed by atoms with Crippen LogP contribution in [0.15, 0.2) is 24.3 Å². The maximum Gasteiger partial charge on any atom is 0.196 e. The molecule has 1 aliphatic carbocycles. The summed E-state index contributed by atoms with van der Waals surface area (Å²) < 4.78 is 0. The molecule has 0 fully saturated rings.